The highest BCUT2D eigenvalue weighted by Crippen LogP contribution is 2.27. The molecule has 0 aromatic heterocycles. The molecule has 0 unspecified atom stereocenters. The van der Waals surface area contributed by atoms with Crippen molar-refractivity contribution >= 4 is 23.2 Å². The normalized spacial score (nSPS) is 10.1. The first-order valence-corrected chi connectivity index (χ1v) is 7.94. The first kappa shape index (κ1) is 18.9. The lowest BCUT2D eigenvalue weighted by atomic mass is 10.1. The molecule has 2 amide bonds. The fraction of sp³-hybridized carbons (Fsp3) is 0.222. The lowest BCUT2D eigenvalue weighted by molar-refractivity contribution is -0.385. The van der Waals surface area contributed by atoms with Gasteiger partial charge in [0.2, 0.25) is 5.91 Å². The molecule has 0 saturated carbocycles. The van der Waals surface area contributed by atoms with E-state index in [0.29, 0.717) is 5.69 Å². The van der Waals surface area contributed by atoms with Gasteiger partial charge in [0.25, 0.3) is 5.91 Å². The summed E-state index contributed by atoms with van der Waals surface area (Å²) in [6.07, 6.45) is 0.844. The quantitative estimate of drug-likeness (QED) is 0.584. The summed E-state index contributed by atoms with van der Waals surface area (Å²) < 4.78 is 4.89. The minimum absolute atomic E-state index is 0.0556. The zero-order valence-electron chi connectivity index (χ0n) is 14.4. The molecule has 2 N–H and O–H groups in total. The van der Waals surface area contributed by atoms with Crippen LogP contribution in [-0.2, 0) is 11.2 Å². The van der Waals surface area contributed by atoms with E-state index >= 15 is 0 Å². The molecule has 136 valence electrons. The summed E-state index contributed by atoms with van der Waals surface area (Å²) in [5.74, 6) is -0.928. The molecule has 2 aromatic carbocycles. The Bertz CT molecular complexity index is 835. The highest BCUT2D eigenvalue weighted by atomic mass is 16.6. The number of methoxy groups -OCH3 is 1. The molecule has 0 saturated heterocycles. The summed E-state index contributed by atoms with van der Waals surface area (Å²) in [4.78, 5) is 34.5. The molecule has 8 nitrogen and oxygen atoms in total. The van der Waals surface area contributed by atoms with E-state index in [1.165, 1.54) is 19.2 Å². The fourth-order valence-electron chi connectivity index (χ4n) is 2.31. The Morgan fingerprint density at radius 3 is 2.62 bits per heavy atom. The van der Waals surface area contributed by atoms with Crippen LogP contribution in [0.5, 0.6) is 5.75 Å². The van der Waals surface area contributed by atoms with E-state index < -0.39 is 16.7 Å². The fourth-order valence-corrected chi connectivity index (χ4v) is 2.31. The Morgan fingerprint density at radius 2 is 1.96 bits per heavy atom. The number of carbonyl (C=O) groups is 2. The molecule has 0 aliphatic carbocycles. The van der Waals surface area contributed by atoms with Crippen molar-refractivity contribution < 1.29 is 19.2 Å². The Morgan fingerprint density at radius 1 is 1.19 bits per heavy atom. The number of hydrogen-bond donors (Lipinski definition) is 2. The van der Waals surface area contributed by atoms with Gasteiger partial charge in [0, 0.05) is 17.3 Å². The topological polar surface area (TPSA) is 111 Å². The van der Waals surface area contributed by atoms with Crippen molar-refractivity contribution in [1.29, 1.82) is 0 Å². The monoisotopic (exact) mass is 357 g/mol. The van der Waals surface area contributed by atoms with Gasteiger partial charge < -0.3 is 15.4 Å². The predicted octanol–water partition coefficient (Wildman–Crippen LogP) is 2.53. The van der Waals surface area contributed by atoms with Gasteiger partial charge in [-0.15, -0.1) is 0 Å². The summed E-state index contributed by atoms with van der Waals surface area (Å²) in [6.45, 7) is 1.75. The number of nitro benzene ring substituents is 1. The van der Waals surface area contributed by atoms with Crippen molar-refractivity contribution in [3.05, 3.63) is 63.7 Å². The first-order chi connectivity index (χ1) is 12.4. The molecule has 2 aromatic rings. The lowest BCUT2D eigenvalue weighted by Gasteiger charge is -2.09. The van der Waals surface area contributed by atoms with Gasteiger partial charge in [-0.3, -0.25) is 19.7 Å². The van der Waals surface area contributed by atoms with E-state index in [4.69, 9.17) is 4.74 Å². The first-order valence-electron chi connectivity index (χ1n) is 7.94. The van der Waals surface area contributed by atoms with Gasteiger partial charge in [-0.2, -0.15) is 0 Å². The highest BCUT2D eigenvalue weighted by Gasteiger charge is 2.18. The Labute approximate surface area is 150 Å². The molecule has 0 spiro atoms. The summed E-state index contributed by atoms with van der Waals surface area (Å²) in [5, 5.41) is 16.1. The van der Waals surface area contributed by atoms with Gasteiger partial charge in [-0.05, 0) is 36.2 Å². The third-order valence-corrected chi connectivity index (χ3v) is 3.67. The van der Waals surface area contributed by atoms with E-state index in [1.54, 1.807) is 6.07 Å². The number of anilines is 1. The van der Waals surface area contributed by atoms with Crippen molar-refractivity contribution in [3.8, 4) is 5.75 Å². The van der Waals surface area contributed by atoms with Crippen LogP contribution in [0, 0.1) is 10.1 Å². The molecule has 0 aliphatic heterocycles. The second kappa shape index (κ2) is 8.61. The highest BCUT2D eigenvalue weighted by molar-refractivity contribution is 5.99. The molecule has 0 bridgehead atoms. The van der Waals surface area contributed by atoms with Crippen molar-refractivity contribution in [2.75, 3.05) is 19.0 Å². The second-order valence-electron chi connectivity index (χ2n) is 5.43. The van der Waals surface area contributed by atoms with E-state index in [0.717, 1.165) is 18.1 Å². The summed E-state index contributed by atoms with van der Waals surface area (Å²) >= 11 is 0. The van der Waals surface area contributed by atoms with E-state index in [2.05, 4.69) is 10.6 Å². The number of amides is 2. The van der Waals surface area contributed by atoms with Crippen LogP contribution in [-0.4, -0.2) is 30.4 Å². The standard InChI is InChI=1S/C18H19N3O5/c1-3-12-5-4-6-14(9-12)20-17(22)11-19-18(23)13-7-8-16(26-2)15(10-13)21(24)25/h4-10H,3,11H2,1-2H3,(H,19,23)(H,20,22). The molecule has 8 heteroatoms. The van der Waals surface area contributed by atoms with E-state index in [-0.39, 0.29) is 23.5 Å². The zero-order valence-corrected chi connectivity index (χ0v) is 14.4. The van der Waals surface area contributed by atoms with Gasteiger partial charge in [-0.1, -0.05) is 19.1 Å². The van der Waals surface area contributed by atoms with Gasteiger partial charge in [0.15, 0.2) is 5.75 Å². The number of aryl methyl sites for hydroxylation is 1. The largest absolute Gasteiger partial charge is 0.490 e. The second-order valence-corrected chi connectivity index (χ2v) is 5.43. The number of nitrogens with one attached hydrogen (secondary N) is 2. The van der Waals surface area contributed by atoms with Gasteiger partial charge in [0.1, 0.15) is 0 Å². The van der Waals surface area contributed by atoms with Crippen molar-refractivity contribution in [1.82, 2.24) is 5.32 Å². The van der Waals surface area contributed by atoms with Crippen molar-refractivity contribution in [3.63, 3.8) is 0 Å². The maximum atomic E-state index is 12.1. The third kappa shape index (κ3) is 4.79. The van der Waals surface area contributed by atoms with Gasteiger partial charge >= 0.3 is 5.69 Å². The van der Waals surface area contributed by atoms with Crippen LogP contribution in [0.1, 0.15) is 22.8 Å². The van der Waals surface area contributed by atoms with Crippen LogP contribution in [0.3, 0.4) is 0 Å². The lowest BCUT2D eigenvalue weighted by Crippen LogP contribution is -2.32. The van der Waals surface area contributed by atoms with Crippen LogP contribution in [0.4, 0.5) is 11.4 Å². The average Bonchev–Trinajstić information content (AvgIpc) is 2.65. The number of ether oxygens (including phenoxy) is 1. The number of nitro groups is 1. The minimum atomic E-state index is -0.636. The molecule has 2 rings (SSSR count). The average molecular weight is 357 g/mol. The number of rotatable bonds is 7. The summed E-state index contributed by atoms with van der Waals surface area (Å²) in [7, 11) is 1.31. The van der Waals surface area contributed by atoms with Crippen LogP contribution in [0.2, 0.25) is 0 Å². The zero-order chi connectivity index (χ0) is 19.1. The molecule has 0 aliphatic rings. The number of benzene rings is 2. The van der Waals surface area contributed by atoms with Crippen LogP contribution in [0.25, 0.3) is 0 Å². The summed E-state index contributed by atoms with van der Waals surface area (Å²) in [6, 6.07) is 11.2. The van der Waals surface area contributed by atoms with Crippen LogP contribution >= 0.6 is 0 Å². The number of nitrogens with zero attached hydrogens (tertiary/aromatic N) is 1. The maximum Gasteiger partial charge on any atom is 0.311 e. The number of carbonyl (C=O) groups excluding carboxylic acids is 2. The minimum Gasteiger partial charge on any atom is -0.490 e. The molecular formula is C18H19N3O5. The van der Waals surface area contributed by atoms with Crippen LogP contribution in [0.15, 0.2) is 42.5 Å². The van der Waals surface area contributed by atoms with Gasteiger partial charge in [-0.25, -0.2) is 0 Å². The Balaban J connectivity index is 1.98. The molecular weight excluding hydrogens is 338 g/mol. The number of hydrogen-bond acceptors (Lipinski definition) is 5. The summed E-state index contributed by atoms with van der Waals surface area (Å²) in [5.41, 5.74) is 1.47. The molecule has 0 atom stereocenters. The molecule has 0 radical (unpaired) electrons. The van der Waals surface area contributed by atoms with Crippen molar-refractivity contribution in [2.24, 2.45) is 0 Å². The van der Waals surface area contributed by atoms with Crippen LogP contribution < -0.4 is 15.4 Å². The van der Waals surface area contributed by atoms with E-state index in [9.17, 15) is 19.7 Å². The maximum absolute atomic E-state index is 12.1. The molecule has 0 fully saturated rings. The van der Waals surface area contributed by atoms with Crippen molar-refractivity contribution in [2.45, 2.75) is 13.3 Å². The Kier molecular flexibility index (Phi) is 6.26. The third-order valence-electron chi connectivity index (χ3n) is 3.67. The Hall–Kier alpha value is -3.42. The molecule has 26 heavy (non-hydrogen) atoms. The molecule has 0 heterocycles. The predicted molar refractivity (Wildman–Crippen MR) is 96.4 cm³/mol. The SMILES string of the molecule is CCc1cccc(NC(=O)CNC(=O)c2ccc(OC)c([N+](=O)[O-])c2)c1. The smallest absolute Gasteiger partial charge is 0.311 e. The van der Waals surface area contributed by atoms with E-state index in [1.807, 2.05) is 25.1 Å². The van der Waals surface area contributed by atoms with Gasteiger partial charge in [0.05, 0.1) is 18.6 Å².